The minimum absolute atomic E-state index is 0.0215. The van der Waals surface area contributed by atoms with Crippen LogP contribution in [0.1, 0.15) is 45.1 Å². The Kier molecular flexibility index (Phi) is 6.53. The molecule has 0 bridgehead atoms. The topological polar surface area (TPSA) is 89.6 Å². The van der Waals surface area contributed by atoms with Gasteiger partial charge in [-0.3, -0.25) is 9.59 Å². The van der Waals surface area contributed by atoms with Gasteiger partial charge in [0.15, 0.2) is 5.78 Å². The average Bonchev–Trinajstić information content (AvgIpc) is 2.78. The first-order chi connectivity index (χ1) is 16.1. The van der Waals surface area contributed by atoms with Crippen LogP contribution in [0.3, 0.4) is 0 Å². The lowest BCUT2D eigenvalue weighted by atomic mass is 9.68. The molecule has 1 atom stereocenters. The molecule has 0 fully saturated rings. The standard InChI is InChI=1S/C26H28BrN3O4/c1-14-22(25(32)30-21-9-6-15(27)13-28-21)23(17-10-16(33-4)7-8-20(17)34-5)24-18(29-14)11-26(2,3)12-19(24)31/h6-10,13,23,29H,11-12H2,1-5H3,(H,28,30,32)/t23-/m1/s1. The molecule has 8 heteroatoms. The Morgan fingerprint density at radius 1 is 1.18 bits per heavy atom. The zero-order valence-electron chi connectivity index (χ0n) is 19.9. The van der Waals surface area contributed by atoms with Crippen LogP contribution in [0.5, 0.6) is 11.5 Å². The lowest BCUT2D eigenvalue weighted by Crippen LogP contribution is -2.39. The predicted molar refractivity (Wildman–Crippen MR) is 134 cm³/mol. The van der Waals surface area contributed by atoms with E-state index in [1.54, 1.807) is 44.7 Å². The molecule has 1 aliphatic heterocycles. The first-order valence-corrected chi connectivity index (χ1v) is 11.8. The predicted octanol–water partition coefficient (Wildman–Crippen LogP) is 5.10. The molecule has 2 aromatic rings. The lowest BCUT2D eigenvalue weighted by molar-refractivity contribution is -0.118. The first-order valence-electron chi connectivity index (χ1n) is 11.0. The van der Waals surface area contributed by atoms with E-state index in [-0.39, 0.29) is 17.1 Å². The minimum Gasteiger partial charge on any atom is -0.497 e. The fourth-order valence-corrected chi connectivity index (χ4v) is 4.98. The van der Waals surface area contributed by atoms with Crippen molar-refractivity contribution in [3.05, 3.63) is 69.1 Å². The summed E-state index contributed by atoms with van der Waals surface area (Å²) in [4.78, 5) is 31.4. The number of pyridine rings is 1. The smallest absolute Gasteiger partial charge is 0.255 e. The summed E-state index contributed by atoms with van der Waals surface area (Å²) in [6.45, 7) is 6.02. The van der Waals surface area contributed by atoms with Gasteiger partial charge in [0, 0.05) is 45.2 Å². The van der Waals surface area contributed by atoms with Crippen molar-refractivity contribution in [2.24, 2.45) is 5.41 Å². The molecule has 0 saturated carbocycles. The normalized spacial score (nSPS) is 19.4. The molecular weight excluding hydrogens is 498 g/mol. The molecule has 1 amide bonds. The van der Waals surface area contributed by atoms with Crippen LogP contribution < -0.4 is 20.1 Å². The molecule has 2 N–H and O–H groups in total. The number of ether oxygens (including phenoxy) is 2. The molecule has 0 saturated heterocycles. The Morgan fingerprint density at radius 2 is 1.94 bits per heavy atom. The highest BCUT2D eigenvalue weighted by molar-refractivity contribution is 9.10. The van der Waals surface area contributed by atoms with E-state index in [1.807, 2.05) is 13.0 Å². The molecule has 1 aromatic heterocycles. The van der Waals surface area contributed by atoms with Crippen LogP contribution in [-0.4, -0.2) is 30.9 Å². The maximum absolute atomic E-state index is 13.6. The van der Waals surface area contributed by atoms with E-state index in [0.717, 1.165) is 10.2 Å². The number of aromatic nitrogens is 1. The van der Waals surface area contributed by atoms with E-state index in [9.17, 15) is 9.59 Å². The Balaban J connectivity index is 1.87. The van der Waals surface area contributed by atoms with Crippen LogP contribution in [0.15, 0.2) is 63.5 Å². The zero-order chi connectivity index (χ0) is 24.6. The second-order valence-corrected chi connectivity index (χ2v) is 10.3. The highest BCUT2D eigenvalue weighted by Gasteiger charge is 2.43. The average molecular weight is 526 g/mol. The molecular formula is C26H28BrN3O4. The van der Waals surface area contributed by atoms with Crippen LogP contribution in [-0.2, 0) is 9.59 Å². The molecule has 7 nitrogen and oxygen atoms in total. The van der Waals surface area contributed by atoms with Gasteiger partial charge in [-0.05, 0) is 65.0 Å². The number of rotatable bonds is 5. The lowest BCUT2D eigenvalue weighted by Gasteiger charge is -2.40. The number of nitrogens with zero attached hydrogens (tertiary/aromatic N) is 1. The summed E-state index contributed by atoms with van der Waals surface area (Å²) in [7, 11) is 3.16. The van der Waals surface area contributed by atoms with Crippen molar-refractivity contribution in [1.29, 1.82) is 0 Å². The van der Waals surface area contributed by atoms with Gasteiger partial charge in [0.05, 0.1) is 20.1 Å². The minimum atomic E-state index is -0.611. The van der Waals surface area contributed by atoms with Crippen molar-refractivity contribution in [2.75, 3.05) is 19.5 Å². The molecule has 178 valence electrons. The highest BCUT2D eigenvalue weighted by Crippen LogP contribution is 2.49. The third kappa shape index (κ3) is 4.59. The Bertz CT molecular complexity index is 1220. The maximum atomic E-state index is 13.6. The van der Waals surface area contributed by atoms with Crippen molar-refractivity contribution in [1.82, 2.24) is 10.3 Å². The number of ketones is 1. The Labute approximate surface area is 207 Å². The van der Waals surface area contributed by atoms with Crippen LogP contribution in [0, 0.1) is 5.41 Å². The molecule has 0 spiro atoms. The summed E-state index contributed by atoms with van der Waals surface area (Å²) in [5.41, 5.74) is 3.12. The first kappa shape index (κ1) is 24.0. The van der Waals surface area contributed by atoms with E-state index in [4.69, 9.17) is 9.47 Å². The third-order valence-electron chi connectivity index (χ3n) is 6.20. The SMILES string of the molecule is COc1ccc(OC)c([C@@H]2C(C(=O)Nc3ccc(Br)cn3)=C(C)NC3=C2C(=O)CC(C)(C)C3)c1. The molecule has 2 aliphatic rings. The van der Waals surface area contributed by atoms with Crippen LogP contribution >= 0.6 is 15.9 Å². The summed E-state index contributed by atoms with van der Waals surface area (Å²) in [6, 6.07) is 8.96. The van der Waals surface area contributed by atoms with Crippen LogP contribution in [0.25, 0.3) is 0 Å². The summed E-state index contributed by atoms with van der Waals surface area (Å²) in [6.07, 6.45) is 2.72. The number of amides is 1. The Hall–Kier alpha value is -3.13. The van der Waals surface area contributed by atoms with E-state index < -0.39 is 5.92 Å². The van der Waals surface area contributed by atoms with Gasteiger partial charge in [-0.15, -0.1) is 0 Å². The largest absolute Gasteiger partial charge is 0.497 e. The number of methoxy groups -OCH3 is 2. The van der Waals surface area contributed by atoms with Gasteiger partial charge in [-0.25, -0.2) is 4.98 Å². The second kappa shape index (κ2) is 9.25. The zero-order valence-corrected chi connectivity index (χ0v) is 21.5. The number of halogens is 1. The molecule has 2 heterocycles. The van der Waals surface area contributed by atoms with Gasteiger partial charge in [0.25, 0.3) is 5.91 Å². The third-order valence-corrected chi connectivity index (χ3v) is 6.67. The van der Waals surface area contributed by atoms with Crippen molar-refractivity contribution >= 4 is 33.4 Å². The van der Waals surface area contributed by atoms with Gasteiger partial charge in [0.2, 0.25) is 0 Å². The molecule has 0 radical (unpaired) electrons. The van der Waals surface area contributed by atoms with Crippen LogP contribution in [0.4, 0.5) is 5.82 Å². The quantitative estimate of drug-likeness (QED) is 0.564. The van der Waals surface area contributed by atoms with E-state index in [1.165, 1.54) is 0 Å². The number of nitrogens with one attached hydrogen (secondary N) is 2. The van der Waals surface area contributed by atoms with E-state index in [0.29, 0.717) is 52.6 Å². The van der Waals surface area contributed by atoms with Gasteiger partial charge >= 0.3 is 0 Å². The molecule has 1 aliphatic carbocycles. The van der Waals surface area contributed by atoms with Crippen molar-refractivity contribution in [3.63, 3.8) is 0 Å². The van der Waals surface area contributed by atoms with Crippen molar-refractivity contribution in [3.8, 4) is 11.5 Å². The number of hydrogen-bond acceptors (Lipinski definition) is 6. The fraction of sp³-hybridized carbons (Fsp3) is 0.346. The summed E-state index contributed by atoms with van der Waals surface area (Å²) < 4.78 is 11.9. The number of hydrogen-bond donors (Lipinski definition) is 2. The van der Waals surface area contributed by atoms with E-state index >= 15 is 0 Å². The van der Waals surface area contributed by atoms with Crippen LogP contribution in [0.2, 0.25) is 0 Å². The number of carbonyl (C=O) groups is 2. The highest BCUT2D eigenvalue weighted by atomic mass is 79.9. The van der Waals surface area contributed by atoms with E-state index in [2.05, 4.69) is 45.4 Å². The van der Waals surface area contributed by atoms with Crippen molar-refractivity contribution < 1.29 is 19.1 Å². The number of allylic oxidation sites excluding steroid dienone is 3. The summed E-state index contributed by atoms with van der Waals surface area (Å²) in [5, 5.41) is 6.26. The molecule has 34 heavy (non-hydrogen) atoms. The Morgan fingerprint density at radius 3 is 2.59 bits per heavy atom. The van der Waals surface area contributed by atoms with Gasteiger partial charge < -0.3 is 20.1 Å². The molecule has 4 rings (SSSR count). The number of benzene rings is 1. The second-order valence-electron chi connectivity index (χ2n) is 9.35. The summed E-state index contributed by atoms with van der Waals surface area (Å²) >= 11 is 3.36. The number of dihydropyridines is 1. The number of carbonyl (C=O) groups excluding carboxylic acids is 2. The van der Waals surface area contributed by atoms with Crippen molar-refractivity contribution in [2.45, 2.75) is 39.5 Å². The number of Topliss-reactive ketones (excluding diaryl/α,β-unsaturated/α-hetero) is 1. The fourth-order valence-electron chi connectivity index (χ4n) is 4.75. The van der Waals surface area contributed by atoms with Gasteiger partial charge in [0.1, 0.15) is 17.3 Å². The molecule has 1 aromatic carbocycles. The number of anilines is 1. The van der Waals surface area contributed by atoms with Gasteiger partial charge in [-0.2, -0.15) is 0 Å². The summed E-state index contributed by atoms with van der Waals surface area (Å²) in [5.74, 6) is 0.692. The molecule has 0 unspecified atom stereocenters. The maximum Gasteiger partial charge on any atom is 0.255 e. The monoisotopic (exact) mass is 525 g/mol. The van der Waals surface area contributed by atoms with Gasteiger partial charge in [-0.1, -0.05) is 13.8 Å².